The third kappa shape index (κ3) is 4.02. The minimum Gasteiger partial charge on any atom is -0.494 e. The summed E-state index contributed by atoms with van der Waals surface area (Å²) in [6, 6.07) is 11.2. The van der Waals surface area contributed by atoms with Crippen LogP contribution in [0, 0.1) is 11.6 Å². The molecule has 0 saturated heterocycles. The van der Waals surface area contributed by atoms with Crippen LogP contribution in [0.15, 0.2) is 42.5 Å². The number of hydrogen-bond donors (Lipinski definition) is 1. The zero-order valence-electron chi connectivity index (χ0n) is 12.2. The van der Waals surface area contributed by atoms with Gasteiger partial charge in [-0.2, -0.15) is 0 Å². The number of halogens is 2. The summed E-state index contributed by atoms with van der Waals surface area (Å²) in [6.07, 6.45) is 0.900. The van der Waals surface area contributed by atoms with Gasteiger partial charge in [-0.25, -0.2) is 8.78 Å². The van der Waals surface area contributed by atoms with E-state index in [-0.39, 0.29) is 17.4 Å². The fourth-order valence-electron chi connectivity index (χ4n) is 2.42. The summed E-state index contributed by atoms with van der Waals surface area (Å²) in [7, 11) is 1.43. The van der Waals surface area contributed by atoms with Crippen LogP contribution in [0.1, 0.15) is 18.1 Å². The molecular weight excluding hydrogens is 272 g/mol. The quantitative estimate of drug-likeness (QED) is 0.915. The lowest BCUT2D eigenvalue weighted by Crippen LogP contribution is -2.41. The second kappa shape index (κ2) is 6.22. The van der Waals surface area contributed by atoms with Gasteiger partial charge in [0.1, 0.15) is 5.82 Å². The number of hydrogen-bond acceptors (Lipinski definition) is 2. The summed E-state index contributed by atoms with van der Waals surface area (Å²) in [4.78, 5) is 0. The lowest BCUT2D eigenvalue weighted by atomic mass is 9.87. The third-order valence-electron chi connectivity index (χ3n) is 3.38. The molecule has 0 fully saturated rings. The van der Waals surface area contributed by atoms with E-state index < -0.39 is 5.54 Å². The monoisotopic (exact) mass is 291 g/mol. The molecule has 112 valence electrons. The average Bonchev–Trinajstić information content (AvgIpc) is 2.43. The van der Waals surface area contributed by atoms with Crippen LogP contribution in [0.2, 0.25) is 0 Å². The zero-order valence-corrected chi connectivity index (χ0v) is 12.2. The topological polar surface area (TPSA) is 35.2 Å². The van der Waals surface area contributed by atoms with Crippen molar-refractivity contribution in [2.45, 2.75) is 25.3 Å². The minimum absolute atomic E-state index is 0.213. The van der Waals surface area contributed by atoms with Crippen molar-refractivity contribution >= 4 is 0 Å². The predicted molar refractivity (Wildman–Crippen MR) is 79.4 cm³/mol. The molecule has 0 aliphatic heterocycles. The molecule has 2 nitrogen and oxygen atoms in total. The highest BCUT2D eigenvalue weighted by atomic mass is 19.1. The third-order valence-corrected chi connectivity index (χ3v) is 3.38. The molecule has 0 radical (unpaired) electrons. The standard InChI is InChI=1S/C17H19F2NO/c1-17(20,10-12-6-8-14(18)9-7-12)11-13-4-3-5-15(21-2)16(13)19/h3-9H,10-11,20H2,1-2H3. The summed E-state index contributed by atoms with van der Waals surface area (Å²) in [5.74, 6) is -0.447. The number of benzene rings is 2. The average molecular weight is 291 g/mol. The molecule has 0 aliphatic carbocycles. The van der Waals surface area contributed by atoms with Crippen molar-refractivity contribution < 1.29 is 13.5 Å². The van der Waals surface area contributed by atoms with E-state index in [1.165, 1.54) is 19.2 Å². The summed E-state index contributed by atoms with van der Waals surface area (Å²) in [5, 5.41) is 0. The lowest BCUT2D eigenvalue weighted by molar-refractivity contribution is 0.379. The molecule has 0 spiro atoms. The van der Waals surface area contributed by atoms with E-state index in [0.717, 1.165) is 5.56 Å². The molecule has 1 unspecified atom stereocenters. The van der Waals surface area contributed by atoms with Crippen LogP contribution in [-0.4, -0.2) is 12.6 Å². The SMILES string of the molecule is COc1cccc(CC(C)(N)Cc2ccc(F)cc2)c1F. The zero-order chi connectivity index (χ0) is 15.5. The second-order valence-corrected chi connectivity index (χ2v) is 5.57. The van der Waals surface area contributed by atoms with Crippen LogP contribution >= 0.6 is 0 Å². The molecule has 2 N–H and O–H groups in total. The first-order chi connectivity index (χ1) is 9.91. The molecule has 1 atom stereocenters. The Balaban J connectivity index is 2.15. The number of rotatable bonds is 5. The molecule has 0 aliphatic rings. The summed E-state index contributed by atoms with van der Waals surface area (Å²) >= 11 is 0. The fourth-order valence-corrected chi connectivity index (χ4v) is 2.42. The van der Waals surface area contributed by atoms with Crippen LogP contribution in [0.5, 0.6) is 5.75 Å². The molecule has 2 aromatic rings. The van der Waals surface area contributed by atoms with Gasteiger partial charge >= 0.3 is 0 Å². The van der Waals surface area contributed by atoms with Gasteiger partial charge in [0.15, 0.2) is 11.6 Å². The molecule has 4 heteroatoms. The van der Waals surface area contributed by atoms with Crippen molar-refractivity contribution in [3.63, 3.8) is 0 Å². The molecule has 0 saturated carbocycles. The van der Waals surface area contributed by atoms with E-state index in [1.807, 2.05) is 6.92 Å². The summed E-state index contributed by atoms with van der Waals surface area (Å²) in [5.41, 5.74) is 7.08. The Kier molecular flexibility index (Phi) is 4.58. The van der Waals surface area contributed by atoms with E-state index >= 15 is 0 Å². The maximum Gasteiger partial charge on any atom is 0.168 e. The van der Waals surface area contributed by atoms with E-state index in [9.17, 15) is 8.78 Å². The molecule has 0 amide bonds. The van der Waals surface area contributed by atoms with Gasteiger partial charge in [0, 0.05) is 5.54 Å². The lowest BCUT2D eigenvalue weighted by Gasteiger charge is -2.25. The minimum atomic E-state index is -0.634. The largest absolute Gasteiger partial charge is 0.494 e. The second-order valence-electron chi connectivity index (χ2n) is 5.57. The molecule has 0 aromatic heterocycles. The Bertz CT molecular complexity index is 609. The number of methoxy groups -OCH3 is 1. The Hall–Kier alpha value is -1.94. The van der Waals surface area contributed by atoms with Crippen LogP contribution in [-0.2, 0) is 12.8 Å². The van der Waals surface area contributed by atoms with Gasteiger partial charge in [-0.3, -0.25) is 0 Å². The van der Waals surface area contributed by atoms with Gasteiger partial charge in [-0.15, -0.1) is 0 Å². The molecule has 21 heavy (non-hydrogen) atoms. The van der Waals surface area contributed by atoms with Gasteiger partial charge in [-0.05, 0) is 49.1 Å². The first-order valence-corrected chi connectivity index (χ1v) is 6.76. The molecule has 2 aromatic carbocycles. The first kappa shape index (κ1) is 15.4. The normalized spacial score (nSPS) is 13.8. The summed E-state index contributed by atoms with van der Waals surface area (Å²) < 4.78 is 32.0. The van der Waals surface area contributed by atoms with E-state index in [2.05, 4.69) is 0 Å². The Morgan fingerprint density at radius 1 is 1.05 bits per heavy atom. The van der Waals surface area contributed by atoms with Crippen LogP contribution in [0.3, 0.4) is 0 Å². The first-order valence-electron chi connectivity index (χ1n) is 6.76. The van der Waals surface area contributed by atoms with Crippen molar-refractivity contribution in [2.75, 3.05) is 7.11 Å². The van der Waals surface area contributed by atoms with E-state index in [0.29, 0.717) is 18.4 Å². The van der Waals surface area contributed by atoms with Gasteiger partial charge in [0.05, 0.1) is 7.11 Å². The Morgan fingerprint density at radius 2 is 1.71 bits per heavy atom. The molecular formula is C17H19F2NO. The maximum absolute atomic E-state index is 14.2. The number of ether oxygens (including phenoxy) is 1. The van der Waals surface area contributed by atoms with Gasteiger partial charge in [-0.1, -0.05) is 24.3 Å². The smallest absolute Gasteiger partial charge is 0.168 e. The van der Waals surface area contributed by atoms with Crippen molar-refractivity contribution in [1.82, 2.24) is 0 Å². The Morgan fingerprint density at radius 3 is 2.33 bits per heavy atom. The highest BCUT2D eigenvalue weighted by Gasteiger charge is 2.22. The van der Waals surface area contributed by atoms with Crippen LogP contribution in [0.4, 0.5) is 8.78 Å². The summed E-state index contributed by atoms with van der Waals surface area (Å²) in [6.45, 7) is 1.86. The molecule has 2 rings (SSSR count). The van der Waals surface area contributed by atoms with E-state index in [4.69, 9.17) is 10.5 Å². The molecule has 0 bridgehead atoms. The van der Waals surface area contributed by atoms with Crippen molar-refractivity contribution in [1.29, 1.82) is 0 Å². The fraction of sp³-hybridized carbons (Fsp3) is 0.294. The van der Waals surface area contributed by atoms with E-state index in [1.54, 1.807) is 30.3 Å². The van der Waals surface area contributed by atoms with Crippen molar-refractivity contribution in [3.05, 3.63) is 65.2 Å². The van der Waals surface area contributed by atoms with Crippen molar-refractivity contribution in [3.8, 4) is 5.75 Å². The Labute approximate surface area is 123 Å². The van der Waals surface area contributed by atoms with Gasteiger partial charge in [0.2, 0.25) is 0 Å². The highest BCUT2D eigenvalue weighted by molar-refractivity contribution is 5.32. The van der Waals surface area contributed by atoms with Crippen LogP contribution in [0.25, 0.3) is 0 Å². The predicted octanol–water partition coefficient (Wildman–Crippen LogP) is 3.48. The maximum atomic E-state index is 14.2. The molecule has 0 heterocycles. The van der Waals surface area contributed by atoms with Gasteiger partial charge < -0.3 is 10.5 Å². The van der Waals surface area contributed by atoms with Gasteiger partial charge in [0.25, 0.3) is 0 Å². The highest BCUT2D eigenvalue weighted by Crippen LogP contribution is 2.24. The van der Waals surface area contributed by atoms with Crippen LogP contribution < -0.4 is 10.5 Å². The van der Waals surface area contributed by atoms with Crippen molar-refractivity contribution in [2.24, 2.45) is 5.73 Å². The number of nitrogens with two attached hydrogens (primary N) is 1.